The Kier molecular flexibility index (Phi) is 6.23. The highest BCUT2D eigenvalue weighted by molar-refractivity contribution is 9.10. The molecule has 0 aliphatic heterocycles. The number of halogens is 1. The lowest BCUT2D eigenvalue weighted by atomic mass is 10.1. The Labute approximate surface area is 215 Å². The zero-order valence-corrected chi connectivity index (χ0v) is 21.3. The maximum atomic E-state index is 13.1. The molecule has 5 rings (SSSR count). The van der Waals surface area contributed by atoms with E-state index in [2.05, 4.69) is 31.5 Å². The number of fused-ring (bicyclic) bond motifs is 2. The predicted molar refractivity (Wildman–Crippen MR) is 146 cm³/mol. The van der Waals surface area contributed by atoms with Crippen LogP contribution in [0.1, 0.15) is 15.9 Å². The largest absolute Gasteiger partial charge is 0.495 e. The van der Waals surface area contributed by atoms with E-state index in [0.29, 0.717) is 38.5 Å². The molecule has 0 radical (unpaired) electrons. The molecule has 5 aromatic rings. The first-order valence-electron chi connectivity index (χ1n) is 10.8. The molecule has 1 heterocycles. The topological polar surface area (TPSA) is 76.4 Å². The fraction of sp³-hybridized carbons (Fsp3) is 0.0741. The van der Waals surface area contributed by atoms with E-state index in [1.807, 2.05) is 73.7 Å². The molecule has 1 aromatic heterocycles. The van der Waals surface area contributed by atoms with Gasteiger partial charge in [-0.15, -0.1) is 0 Å². The smallest absolute Gasteiger partial charge is 0.261 e. The highest BCUT2D eigenvalue weighted by Crippen LogP contribution is 2.36. The van der Waals surface area contributed by atoms with E-state index in [-0.39, 0.29) is 11.0 Å². The summed E-state index contributed by atoms with van der Waals surface area (Å²) >= 11 is 8.95. The van der Waals surface area contributed by atoms with E-state index < -0.39 is 0 Å². The zero-order chi connectivity index (χ0) is 24.5. The van der Waals surface area contributed by atoms with Crippen LogP contribution in [0.3, 0.4) is 0 Å². The van der Waals surface area contributed by atoms with Gasteiger partial charge in [0.15, 0.2) is 10.7 Å². The minimum Gasteiger partial charge on any atom is -0.495 e. The van der Waals surface area contributed by atoms with E-state index in [1.54, 1.807) is 6.07 Å². The molecule has 0 bridgehead atoms. The Morgan fingerprint density at radius 1 is 1.06 bits per heavy atom. The van der Waals surface area contributed by atoms with Gasteiger partial charge >= 0.3 is 0 Å². The van der Waals surface area contributed by atoms with Crippen LogP contribution in [-0.4, -0.2) is 23.1 Å². The van der Waals surface area contributed by atoms with Gasteiger partial charge in [0.05, 0.1) is 17.1 Å². The molecule has 1 amide bonds. The number of benzene rings is 4. The summed E-state index contributed by atoms with van der Waals surface area (Å²) in [6, 6.07) is 23.0. The predicted octanol–water partition coefficient (Wildman–Crippen LogP) is 6.85. The molecule has 0 fully saturated rings. The third-order valence-corrected chi connectivity index (χ3v) is 6.55. The molecule has 0 saturated carbocycles. The van der Waals surface area contributed by atoms with Crippen molar-refractivity contribution in [2.24, 2.45) is 0 Å². The van der Waals surface area contributed by atoms with Gasteiger partial charge in [0.1, 0.15) is 11.3 Å². The number of hydrogen-bond donors (Lipinski definition) is 2. The van der Waals surface area contributed by atoms with Crippen LogP contribution in [0, 0.1) is 6.92 Å². The SMILES string of the molecule is COc1c(C(=O)NC(=S)Nc2ccc3oc(-c4ccc(C)cc4)nc3c2)cc2ccccc2c1Br. The van der Waals surface area contributed by atoms with Crippen LogP contribution >= 0.6 is 28.1 Å². The Hall–Kier alpha value is -3.75. The monoisotopic (exact) mass is 545 g/mol. The third kappa shape index (κ3) is 4.62. The minimum atomic E-state index is -0.380. The van der Waals surface area contributed by atoms with Gasteiger partial charge in [-0.1, -0.05) is 42.0 Å². The number of rotatable bonds is 4. The van der Waals surface area contributed by atoms with E-state index in [9.17, 15) is 4.79 Å². The minimum absolute atomic E-state index is 0.155. The van der Waals surface area contributed by atoms with Gasteiger partial charge in [-0.05, 0) is 82.2 Å². The summed E-state index contributed by atoms with van der Waals surface area (Å²) in [6.45, 7) is 2.03. The number of carbonyl (C=O) groups is 1. The molecule has 4 aromatic carbocycles. The number of nitrogens with one attached hydrogen (secondary N) is 2. The zero-order valence-electron chi connectivity index (χ0n) is 18.9. The van der Waals surface area contributed by atoms with Gasteiger partial charge in [-0.2, -0.15) is 0 Å². The lowest BCUT2D eigenvalue weighted by Gasteiger charge is -2.14. The normalized spacial score (nSPS) is 10.9. The summed E-state index contributed by atoms with van der Waals surface area (Å²) in [7, 11) is 1.53. The second kappa shape index (κ2) is 9.48. The van der Waals surface area contributed by atoms with Crippen LogP contribution in [-0.2, 0) is 0 Å². The number of aryl methyl sites for hydroxylation is 1. The number of amides is 1. The molecule has 0 spiro atoms. The standard InChI is InChI=1S/C27H20BrN3O3S/c1-15-7-9-16(10-8-15)26-30-21-14-18(11-12-22(21)34-26)29-27(35)31-25(32)20-13-17-5-3-4-6-19(17)23(28)24(20)33-2/h3-14H,1-2H3,(H2,29,31,32,35). The van der Waals surface area contributed by atoms with Crippen LogP contribution in [0.15, 0.2) is 81.7 Å². The Morgan fingerprint density at radius 3 is 2.60 bits per heavy atom. The first-order chi connectivity index (χ1) is 16.9. The van der Waals surface area contributed by atoms with Crippen molar-refractivity contribution in [2.75, 3.05) is 12.4 Å². The van der Waals surface area contributed by atoms with Gasteiger partial charge in [-0.25, -0.2) is 4.98 Å². The molecular weight excluding hydrogens is 526 g/mol. The molecule has 0 saturated heterocycles. The summed E-state index contributed by atoms with van der Waals surface area (Å²) < 4.78 is 12.1. The highest BCUT2D eigenvalue weighted by atomic mass is 79.9. The van der Waals surface area contributed by atoms with Crippen molar-refractivity contribution in [1.29, 1.82) is 0 Å². The van der Waals surface area contributed by atoms with Crippen LogP contribution in [0.4, 0.5) is 5.69 Å². The Morgan fingerprint density at radius 2 is 1.83 bits per heavy atom. The number of thiocarbonyl (C=S) groups is 1. The quantitative estimate of drug-likeness (QED) is 0.240. The van der Waals surface area contributed by atoms with E-state index in [1.165, 1.54) is 12.7 Å². The van der Waals surface area contributed by atoms with Crippen LogP contribution in [0.5, 0.6) is 5.75 Å². The summed E-state index contributed by atoms with van der Waals surface area (Å²) in [4.78, 5) is 17.6. The number of aromatic nitrogens is 1. The molecule has 6 nitrogen and oxygen atoms in total. The first-order valence-corrected chi connectivity index (χ1v) is 12.0. The summed E-state index contributed by atoms with van der Waals surface area (Å²) in [6.07, 6.45) is 0. The van der Waals surface area contributed by atoms with E-state index >= 15 is 0 Å². The van der Waals surface area contributed by atoms with Crippen LogP contribution in [0.25, 0.3) is 33.3 Å². The van der Waals surface area contributed by atoms with Crippen molar-refractivity contribution in [3.05, 3.63) is 88.4 Å². The molecule has 35 heavy (non-hydrogen) atoms. The highest BCUT2D eigenvalue weighted by Gasteiger charge is 2.19. The molecule has 0 unspecified atom stereocenters. The summed E-state index contributed by atoms with van der Waals surface area (Å²) in [5.74, 6) is 0.605. The fourth-order valence-electron chi connectivity index (χ4n) is 3.81. The molecule has 2 N–H and O–H groups in total. The number of oxazole rings is 1. The second-order valence-corrected chi connectivity index (χ2v) is 9.17. The maximum absolute atomic E-state index is 13.1. The number of methoxy groups -OCH3 is 1. The van der Waals surface area contributed by atoms with Crippen LogP contribution < -0.4 is 15.4 Å². The molecule has 0 aliphatic rings. The molecule has 0 aliphatic carbocycles. The lowest BCUT2D eigenvalue weighted by molar-refractivity contribution is 0.0975. The van der Waals surface area contributed by atoms with Crippen molar-refractivity contribution in [1.82, 2.24) is 10.3 Å². The van der Waals surface area contributed by atoms with Gasteiger partial charge < -0.3 is 14.5 Å². The Bertz CT molecular complexity index is 1600. The van der Waals surface area contributed by atoms with Crippen molar-refractivity contribution >= 4 is 66.7 Å². The molecule has 8 heteroatoms. The third-order valence-electron chi connectivity index (χ3n) is 5.56. The average molecular weight is 546 g/mol. The molecule has 174 valence electrons. The summed E-state index contributed by atoms with van der Waals surface area (Å²) in [5, 5.41) is 7.79. The van der Waals surface area contributed by atoms with E-state index in [0.717, 1.165) is 16.3 Å². The van der Waals surface area contributed by atoms with E-state index in [4.69, 9.17) is 21.4 Å². The van der Waals surface area contributed by atoms with Crippen molar-refractivity contribution in [3.8, 4) is 17.2 Å². The van der Waals surface area contributed by atoms with Gasteiger partial charge in [0.2, 0.25) is 5.89 Å². The van der Waals surface area contributed by atoms with Crippen molar-refractivity contribution in [3.63, 3.8) is 0 Å². The molecule has 0 atom stereocenters. The number of carbonyl (C=O) groups excluding carboxylic acids is 1. The van der Waals surface area contributed by atoms with Gasteiger partial charge in [0, 0.05) is 11.3 Å². The number of anilines is 1. The van der Waals surface area contributed by atoms with Gasteiger partial charge in [-0.3, -0.25) is 10.1 Å². The first kappa shape index (κ1) is 23.0. The average Bonchev–Trinajstić information content (AvgIpc) is 3.27. The fourth-order valence-corrected chi connectivity index (χ4v) is 4.76. The second-order valence-electron chi connectivity index (χ2n) is 7.97. The number of ether oxygens (including phenoxy) is 1. The molecular formula is C27H20BrN3O3S. The Balaban J connectivity index is 1.35. The summed E-state index contributed by atoms with van der Waals surface area (Å²) in [5.41, 5.74) is 4.46. The maximum Gasteiger partial charge on any atom is 0.261 e. The number of hydrogen-bond acceptors (Lipinski definition) is 5. The van der Waals surface area contributed by atoms with Crippen molar-refractivity contribution < 1.29 is 13.9 Å². The van der Waals surface area contributed by atoms with Gasteiger partial charge in [0.25, 0.3) is 5.91 Å². The van der Waals surface area contributed by atoms with Crippen molar-refractivity contribution in [2.45, 2.75) is 6.92 Å². The lowest BCUT2D eigenvalue weighted by Crippen LogP contribution is -2.34. The number of nitrogens with zero attached hydrogens (tertiary/aromatic N) is 1. The van der Waals surface area contributed by atoms with Crippen LogP contribution in [0.2, 0.25) is 0 Å².